The molecule has 0 heterocycles. The van der Waals surface area contributed by atoms with Gasteiger partial charge in [0, 0.05) is 28.6 Å². The molecule has 0 bridgehead atoms. The van der Waals surface area contributed by atoms with Crippen LogP contribution in [-0.4, -0.2) is 39.8 Å². The van der Waals surface area contributed by atoms with E-state index in [4.69, 9.17) is 21.1 Å². The molecule has 2 aliphatic carbocycles. The molecule has 4 rings (SSSR count). The van der Waals surface area contributed by atoms with Crippen LogP contribution in [0.4, 0.5) is 0 Å². The maximum absolute atomic E-state index is 12.9. The molecule has 2 aromatic rings. The summed E-state index contributed by atoms with van der Waals surface area (Å²) in [6, 6.07) is 9.74. The summed E-state index contributed by atoms with van der Waals surface area (Å²) in [6.07, 6.45) is 3.48. The molecule has 0 amide bonds. The maximum atomic E-state index is 12.9. The fourth-order valence-electron chi connectivity index (χ4n) is 5.60. The highest BCUT2D eigenvalue weighted by Crippen LogP contribution is 2.58. The molecule has 2 atom stereocenters. The van der Waals surface area contributed by atoms with E-state index < -0.39 is 21.9 Å². The fraction of sp³-hybridized carbons (Fsp3) is 0.480. The number of benzene rings is 2. The number of carboxylic acid groups (broad SMARTS) is 1. The molecule has 0 aromatic heterocycles. The Balaban J connectivity index is 1.60. The van der Waals surface area contributed by atoms with Gasteiger partial charge in [-0.15, -0.1) is 0 Å². The molecule has 2 N–H and O–H groups in total. The first-order valence-electron chi connectivity index (χ1n) is 11.4. The Morgan fingerprint density at radius 2 is 1.79 bits per heavy atom. The first-order valence-corrected chi connectivity index (χ1v) is 13.2. The van der Waals surface area contributed by atoms with Crippen molar-refractivity contribution in [1.29, 1.82) is 0 Å². The van der Waals surface area contributed by atoms with E-state index >= 15 is 0 Å². The number of fused-ring (bicyclic) bond motifs is 2. The minimum Gasteiger partial charge on any atom is -0.497 e. The van der Waals surface area contributed by atoms with Crippen molar-refractivity contribution >= 4 is 27.6 Å². The Labute approximate surface area is 205 Å². The van der Waals surface area contributed by atoms with Crippen molar-refractivity contribution in [2.24, 2.45) is 5.92 Å². The molecule has 7 nitrogen and oxygen atoms in total. The number of carboxylic acids is 1. The Morgan fingerprint density at radius 3 is 2.35 bits per heavy atom. The van der Waals surface area contributed by atoms with E-state index in [0.717, 1.165) is 24.0 Å². The second kappa shape index (κ2) is 9.40. The minimum atomic E-state index is -3.66. The average molecular weight is 508 g/mol. The van der Waals surface area contributed by atoms with Crippen molar-refractivity contribution in [1.82, 2.24) is 4.72 Å². The van der Waals surface area contributed by atoms with Gasteiger partial charge in [-0.1, -0.05) is 18.5 Å². The van der Waals surface area contributed by atoms with E-state index in [9.17, 15) is 18.3 Å². The largest absolute Gasteiger partial charge is 0.497 e. The lowest BCUT2D eigenvalue weighted by Gasteiger charge is -2.39. The molecule has 1 saturated carbocycles. The Bertz CT molecular complexity index is 1170. The predicted octanol–water partition coefficient (Wildman–Crippen LogP) is 4.72. The van der Waals surface area contributed by atoms with Gasteiger partial charge in [0.2, 0.25) is 10.0 Å². The summed E-state index contributed by atoms with van der Waals surface area (Å²) >= 11 is 5.89. The monoisotopic (exact) mass is 507 g/mol. The van der Waals surface area contributed by atoms with Crippen LogP contribution < -0.4 is 14.2 Å². The number of ether oxygens (including phenoxy) is 2. The standard InChI is InChI=1S/C25H30ClNO6S/c1-15(24(28)29)20-14-25(21-12-18(32-2)13-22(33-3)23(20)21)10-8-17(9-11-25)27-34(30,31)19-6-4-16(26)5-7-19/h4-7,12-13,15,17,20,27H,8-11,14H2,1-3H3,(H,28,29). The van der Waals surface area contributed by atoms with Crippen molar-refractivity contribution in [3.8, 4) is 11.5 Å². The number of rotatable bonds is 7. The maximum Gasteiger partial charge on any atom is 0.306 e. The molecule has 1 spiro atoms. The minimum absolute atomic E-state index is 0.185. The third-order valence-electron chi connectivity index (χ3n) is 7.51. The van der Waals surface area contributed by atoms with Crippen LogP contribution >= 0.6 is 11.6 Å². The van der Waals surface area contributed by atoms with Gasteiger partial charge in [0.1, 0.15) is 11.5 Å². The quantitative estimate of drug-likeness (QED) is 0.562. The number of halogens is 1. The van der Waals surface area contributed by atoms with Crippen LogP contribution in [0, 0.1) is 5.92 Å². The van der Waals surface area contributed by atoms with E-state index in [-0.39, 0.29) is 22.3 Å². The van der Waals surface area contributed by atoms with Crippen LogP contribution in [-0.2, 0) is 20.2 Å². The third kappa shape index (κ3) is 4.51. The molecule has 1 fully saturated rings. The van der Waals surface area contributed by atoms with Crippen molar-refractivity contribution in [3.63, 3.8) is 0 Å². The number of sulfonamides is 1. The number of carbonyl (C=O) groups is 1. The van der Waals surface area contributed by atoms with Crippen molar-refractivity contribution in [2.45, 2.75) is 61.3 Å². The van der Waals surface area contributed by atoms with Gasteiger partial charge in [0.05, 0.1) is 25.0 Å². The molecule has 2 aliphatic rings. The van der Waals surface area contributed by atoms with Crippen LogP contribution in [0.25, 0.3) is 0 Å². The predicted molar refractivity (Wildman–Crippen MR) is 129 cm³/mol. The zero-order chi connectivity index (χ0) is 24.7. The van der Waals surface area contributed by atoms with Gasteiger partial charge in [-0.2, -0.15) is 0 Å². The lowest BCUT2D eigenvalue weighted by molar-refractivity contribution is -0.142. The lowest BCUT2D eigenvalue weighted by Crippen LogP contribution is -2.41. The Kier molecular flexibility index (Phi) is 6.86. The van der Waals surface area contributed by atoms with Crippen LogP contribution in [0.3, 0.4) is 0 Å². The SMILES string of the molecule is COc1cc(OC)c2c(c1)C1(CCC(NS(=O)(=O)c3ccc(Cl)cc3)CC1)CC2C(C)C(=O)O. The molecule has 34 heavy (non-hydrogen) atoms. The van der Waals surface area contributed by atoms with Crippen molar-refractivity contribution < 1.29 is 27.8 Å². The molecule has 2 unspecified atom stereocenters. The molecule has 184 valence electrons. The summed E-state index contributed by atoms with van der Waals surface area (Å²) < 4.78 is 39.7. The summed E-state index contributed by atoms with van der Waals surface area (Å²) in [7, 11) is -0.467. The summed E-state index contributed by atoms with van der Waals surface area (Å²) in [6.45, 7) is 1.74. The van der Waals surface area contributed by atoms with E-state index in [1.165, 1.54) is 12.1 Å². The zero-order valence-electron chi connectivity index (χ0n) is 19.5. The van der Waals surface area contributed by atoms with Crippen LogP contribution in [0.5, 0.6) is 11.5 Å². The highest BCUT2D eigenvalue weighted by atomic mass is 35.5. The number of hydrogen-bond acceptors (Lipinski definition) is 5. The molecule has 0 radical (unpaired) electrons. The van der Waals surface area contributed by atoms with E-state index in [0.29, 0.717) is 35.8 Å². The zero-order valence-corrected chi connectivity index (χ0v) is 21.1. The van der Waals surface area contributed by atoms with Crippen LogP contribution in [0.1, 0.15) is 56.1 Å². The summed E-state index contributed by atoms with van der Waals surface area (Å²) in [4.78, 5) is 12.1. The summed E-state index contributed by atoms with van der Waals surface area (Å²) in [5.74, 6) is -0.272. The number of hydrogen-bond donors (Lipinski definition) is 2. The topological polar surface area (TPSA) is 102 Å². The van der Waals surface area contributed by atoms with Gasteiger partial charge < -0.3 is 14.6 Å². The summed E-state index contributed by atoms with van der Waals surface area (Å²) in [5.41, 5.74) is 1.77. The van der Waals surface area contributed by atoms with Crippen LogP contribution in [0.15, 0.2) is 41.3 Å². The molecule has 9 heteroatoms. The first kappa shape index (κ1) is 24.8. The normalized spacial score (nSPS) is 25.1. The smallest absolute Gasteiger partial charge is 0.306 e. The van der Waals surface area contributed by atoms with E-state index in [1.54, 1.807) is 33.3 Å². The Hall–Kier alpha value is -2.29. The van der Waals surface area contributed by atoms with Gasteiger partial charge in [-0.3, -0.25) is 4.79 Å². The molecular formula is C25H30ClNO6S. The van der Waals surface area contributed by atoms with Gasteiger partial charge in [0.15, 0.2) is 0 Å². The van der Waals surface area contributed by atoms with Crippen LogP contribution in [0.2, 0.25) is 5.02 Å². The first-order chi connectivity index (χ1) is 16.1. The Morgan fingerprint density at radius 1 is 1.15 bits per heavy atom. The highest BCUT2D eigenvalue weighted by Gasteiger charge is 2.50. The number of nitrogens with one attached hydrogen (secondary N) is 1. The number of aliphatic carboxylic acids is 1. The fourth-order valence-corrected chi connectivity index (χ4v) is 7.04. The van der Waals surface area contributed by atoms with Crippen molar-refractivity contribution in [2.75, 3.05) is 14.2 Å². The molecule has 0 aliphatic heterocycles. The summed E-state index contributed by atoms with van der Waals surface area (Å²) in [5, 5.41) is 10.2. The second-order valence-electron chi connectivity index (χ2n) is 9.36. The van der Waals surface area contributed by atoms with E-state index in [2.05, 4.69) is 4.72 Å². The third-order valence-corrected chi connectivity index (χ3v) is 9.29. The van der Waals surface area contributed by atoms with E-state index in [1.807, 2.05) is 12.1 Å². The average Bonchev–Trinajstić information content (AvgIpc) is 3.13. The highest BCUT2D eigenvalue weighted by molar-refractivity contribution is 7.89. The van der Waals surface area contributed by atoms with Gasteiger partial charge in [-0.25, -0.2) is 13.1 Å². The second-order valence-corrected chi connectivity index (χ2v) is 11.5. The van der Waals surface area contributed by atoms with Crippen molar-refractivity contribution in [3.05, 3.63) is 52.5 Å². The molecule has 2 aromatic carbocycles. The van der Waals surface area contributed by atoms with Gasteiger partial charge in [0.25, 0.3) is 0 Å². The molecule has 0 saturated heterocycles. The molecular weight excluding hydrogens is 478 g/mol. The number of methoxy groups -OCH3 is 2. The van der Waals surface area contributed by atoms with Gasteiger partial charge >= 0.3 is 5.97 Å². The van der Waals surface area contributed by atoms with Gasteiger partial charge in [-0.05, 0) is 73.4 Å². The lowest BCUT2D eigenvalue weighted by atomic mass is 9.68.